The predicted molar refractivity (Wildman–Crippen MR) is 185 cm³/mol. The van der Waals surface area contributed by atoms with Crippen molar-refractivity contribution < 1.29 is 19.4 Å². The van der Waals surface area contributed by atoms with Crippen molar-refractivity contribution in [2.75, 3.05) is 39.4 Å². The number of carboxylic acid groups (broad SMARTS) is 1. The second-order valence-corrected chi connectivity index (χ2v) is 14.0. The van der Waals surface area contributed by atoms with E-state index < -0.39 is 5.97 Å². The molecule has 1 atom stereocenters. The number of nitrogens with zero attached hydrogens (tertiary/aromatic N) is 4. The molecule has 0 radical (unpaired) electrons. The highest BCUT2D eigenvalue weighted by atomic mass is 16.5. The first-order valence-corrected chi connectivity index (χ1v) is 17.7. The van der Waals surface area contributed by atoms with Crippen molar-refractivity contribution in [3.05, 3.63) is 76.5 Å². The Morgan fingerprint density at radius 2 is 1.64 bits per heavy atom. The van der Waals surface area contributed by atoms with Gasteiger partial charge in [-0.3, -0.25) is 14.5 Å². The van der Waals surface area contributed by atoms with Crippen molar-refractivity contribution in [3.8, 4) is 0 Å². The van der Waals surface area contributed by atoms with Gasteiger partial charge in [0.1, 0.15) is 5.65 Å². The second kappa shape index (κ2) is 13.8. The van der Waals surface area contributed by atoms with Crippen molar-refractivity contribution in [1.82, 2.24) is 19.4 Å². The van der Waals surface area contributed by atoms with Crippen LogP contribution in [-0.4, -0.2) is 81.8 Å². The lowest BCUT2D eigenvalue weighted by Gasteiger charge is -2.40. The van der Waals surface area contributed by atoms with Gasteiger partial charge in [-0.2, -0.15) is 0 Å². The van der Waals surface area contributed by atoms with E-state index in [9.17, 15) is 14.7 Å². The normalized spacial score (nSPS) is 19.1. The number of carbonyl (C=O) groups is 2. The quantitative estimate of drug-likeness (QED) is 0.227. The molecule has 8 nitrogen and oxygen atoms in total. The van der Waals surface area contributed by atoms with Crippen LogP contribution in [0.25, 0.3) is 21.9 Å². The zero-order valence-electron chi connectivity index (χ0n) is 27.9. The van der Waals surface area contributed by atoms with Gasteiger partial charge >= 0.3 is 5.97 Å². The Bertz CT molecular complexity index is 1740. The van der Waals surface area contributed by atoms with E-state index in [1.165, 1.54) is 25.7 Å². The van der Waals surface area contributed by atoms with E-state index in [0.29, 0.717) is 19.0 Å². The van der Waals surface area contributed by atoms with E-state index in [1.807, 2.05) is 6.92 Å². The van der Waals surface area contributed by atoms with E-state index in [2.05, 4.69) is 69.8 Å². The van der Waals surface area contributed by atoms with Crippen LogP contribution in [0.1, 0.15) is 78.8 Å². The molecule has 8 heteroatoms. The highest BCUT2D eigenvalue weighted by molar-refractivity contribution is 6.08. The van der Waals surface area contributed by atoms with Crippen LogP contribution >= 0.6 is 0 Å². The molecule has 4 heterocycles. The first kappa shape index (κ1) is 31.8. The molecule has 2 aromatic carbocycles. The molecule has 1 amide bonds. The largest absolute Gasteiger partial charge is 0.481 e. The number of pyridine rings is 1. The molecule has 7 rings (SSSR count). The fourth-order valence-electron chi connectivity index (χ4n) is 8.64. The minimum absolute atomic E-state index is 0.0912. The van der Waals surface area contributed by atoms with Gasteiger partial charge in [-0.05, 0) is 80.2 Å². The molecule has 1 saturated carbocycles. The Labute approximate surface area is 277 Å². The number of fused-ring (bicyclic) bond motifs is 3. The maximum atomic E-state index is 14.3. The molecule has 3 fully saturated rings. The van der Waals surface area contributed by atoms with Crippen molar-refractivity contribution in [3.63, 3.8) is 0 Å². The van der Waals surface area contributed by atoms with Crippen LogP contribution in [-0.2, 0) is 27.3 Å². The van der Waals surface area contributed by atoms with Crippen molar-refractivity contribution >= 4 is 33.8 Å². The fraction of sp³-hybridized carbons (Fsp3) is 0.513. The molecule has 0 spiro atoms. The standard InChI is InChI=1S/C39H48N4O4/c1-26-32(15-16-35(44)45)27(2)40-38-36(26)33-9-5-6-10-34(33)43(38)25-28-11-13-29(14-12-28)37(30-17-23-47-24-18-30)39(46)42-21-19-41(20-22-42)31-7-3-4-8-31/h5-6,9-14,30-31,37H,3-4,7-8,15-25H2,1-2H3,(H,44,45)/t37-/m1/s1. The lowest BCUT2D eigenvalue weighted by Crippen LogP contribution is -2.53. The van der Waals surface area contributed by atoms with Gasteiger partial charge in [-0.25, -0.2) is 4.98 Å². The highest BCUT2D eigenvalue weighted by Gasteiger charge is 2.36. The van der Waals surface area contributed by atoms with Gasteiger partial charge in [-0.1, -0.05) is 55.3 Å². The number of para-hydroxylation sites is 1. The van der Waals surface area contributed by atoms with Crippen LogP contribution < -0.4 is 0 Å². The lowest BCUT2D eigenvalue weighted by atomic mass is 9.80. The molecule has 3 aliphatic rings. The molecule has 4 aromatic rings. The third kappa shape index (κ3) is 6.42. The number of ether oxygens (including phenoxy) is 1. The number of rotatable bonds is 9. The molecule has 2 aromatic heterocycles. The Hall–Kier alpha value is -3.75. The van der Waals surface area contributed by atoms with E-state index in [-0.39, 0.29) is 24.2 Å². The minimum Gasteiger partial charge on any atom is -0.481 e. The molecule has 0 bridgehead atoms. The Morgan fingerprint density at radius 3 is 2.34 bits per heavy atom. The SMILES string of the molecule is Cc1nc2c(c(C)c1CCC(=O)O)c1ccccc1n2Cc1ccc([C@@H](C(=O)N2CCN(C3CCCC3)CC2)C2CCOCC2)cc1. The van der Waals surface area contributed by atoms with Gasteiger partial charge in [-0.15, -0.1) is 0 Å². The van der Waals surface area contributed by atoms with Crippen LogP contribution in [0.2, 0.25) is 0 Å². The zero-order valence-corrected chi connectivity index (χ0v) is 27.9. The van der Waals surface area contributed by atoms with Gasteiger partial charge in [0.05, 0.1) is 11.4 Å². The van der Waals surface area contributed by atoms with E-state index in [1.54, 1.807) is 0 Å². The van der Waals surface area contributed by atoms with Gasteiger partial charge in [0.25, 0.3) is 0 Å². The molecule has 1 aliphatic carbocycles. The topological polar surface area (TPSA) is 87.9 Å². The molecule has 1 N–H and O–H groups in total. The molecule has 2 aliphatic heterocycles. The maximum absolute atomic E-state index is 14.3. The van der Waals surface area contributed by atoms with E-state index in [0.717, 1.165) is 102 Å². The predicted octanol–water partition coefficient (Wildman–Crippen LogP) is 6.47. The number of carbonyl (C=O) groups excluding carboxylic acids is 1. The lowest BCUT2D eigenvalue weighted by molar-refractivity contribution is -0.138. The Morgan fingerprint density at radius 1 is 0.936 bits per heavy atom. The number of benzene rings is 2. The van der Waals surface area contributed by atoms with Gasteiger partial charge in [0, 0.05) is 74.9 Å². The van der Waals surface area contributed by atoms with E-state index in [4.69, 9.17) is 9.72 Å². The van der Waals surface area contributed by atoms with Crippen LogP contribution in [0.15, 0.2) is 48.5 Å². The summed E-state index contributed by atoms with van der Waals surface area (Å²) >= 11 is 0. The van der Waals surface area contributed by atoms with Gasteiger partial charge in [0.2, 0.25) is 5.91 Å². The molecule has 47 heavy (non-hydrogen) atoms. The number of aromatic nitrogens is 2. The number of hydrogen-bond donors (Lipinski definition) is 1. The third-order valence-corrected chi connectivity index (χ3v) is 11.2. The molecule has 248 valence electrons. The van der Waals surface area contributed by atoms with Gasteiger partial charge < -0.3 is 19.3 Å². The number of piperazine rings is 1. The number of aliphatic carboxylic acids is 1. The van der Waals surface area contributed by atoms with Crippen LogP contribution in [0.5, 0.6) is 0 Å². The molecule has 0 unspecified atom stereocenters. The van der Waals surface area contributed by atoms with Gasteiger partial charge in [0.15, 0.2) is 0 Å². The average Bonchev–Trinajstić information content (AvgIpc) is 3.73. The summed E-state index contributed by atoms with van der Waals surface area (Å²) < 4.78 is 8.00. The number of hydrogen-bond acceptors (Lipinski definition) is 5. The molecule has 2 saturated heterocycles. The number of aryl methyl sites for hydroxylation is 2. The van der Waals surface area contributed by atoms with Crippen LogP contribution in [0.4, 0.5) is 0 Å². The van der Waals surface area contributed by atoms with Crippen molar-refractivity contribution in [1.29, 1.82) is 0 Å². The Kier molecular flexibility index (Phi) is 9.33. The fourth-order valence-corrected chi connectivity index (χ4v) is 8.64. The van der Waals surface area contributed by atoms with Crippen LogP contribution in [0.3, 0.4) is 0 Å². The summed E-state index contributed by atoms with van der Waals surface area (Å²) in [6.07, 6.45) is 7.70. The highest BCUT2D eigenvalue weighted by Crippen LogP contribution is 2.37. The molecular weight excluding hydrogens is 588 g/mol. The second-order valence-electron chi connectivity index (χ2n) is 14.0. The summed E-state index contributed by atoms with van der Waals surface area (Å²) in [6, 6.07) is 17.9. The third-order valence-electron chi connectivity index (χ3n) is 11.2. The summed E-state index contributed by atoms with van der Waals surface area (Å²) in [5.74, 6) is -0.363. The minimum atomic E-state index is -0.794. The maximum Gasteiger partial charge on any atom is 0.303 e. The monoisotopic (exact) mass is 636 g/mol. The smallest absolute Gasteiger partial charge is 0.303 e. The summed E-state index contributed by atoms with van der Waals surface area (Å²) in [4.78, 5) is 35.4. The first-order chi connectivity index (χ1) is 22.9. The summed E-state index contributed by atoms with van der Waals surface area (Å²) in [7, 11) is 0. The van der Waals surface area contributed by atoms with E-state index >= 15 is 0 Å². The Balaban J connectivity index is 1.15. The average molecular weight is 637 g/mol. The first-order valence-electron chi connectivity index (χ1n) is 17.7. The van der Waals surface area contributed by atoms with Crippen molar-refractivity contribution in [2.45, 2.75) is 83.7 Å². The summed E-state index contributed by atoms with van der Waals surface area (Å²) in [6.45, 7) is 9.81. The zero-order chi connectivity index (χ0) is 32.5. The number of carboxylic acids is 1. The molecular formula is C39H48N4O4. The summed E-state index contributed by atoms with van der Waals surface area (Å²) in [5.41, 5.74) is 7.33. The number of amides is 1. The van der Waals surface area contributed by atoms with Crippen LogP contribution in [0, 0.1) is 19.8 Å². The summed E-state index contributed by atoms with van der Waals surface area (Å²) in [5, 5.41) is 11.6. The van der Waals surface area contributed by atoms with Crippen molar-refractivity contribution in [2.24, 2.45) is 5.92 Å².